The van der Waals surface area contributed by atoms with Crippen molar-refractivity contribution in [2.24, 2.45) is 9.98 Å². The minimum absolute atomic E-state index is 0.825. The van der Waals surface area contributed by atoms with Crippen LogP contribution in [0.25, 0.3) is 0 Å². The van der Waals surface area contributed by atoms with E-state index in [1.165, 1.54) is 5.56 Å². The van der Waals surface area contributed by atoms with Crippen molar-refractivity contribution in [2.45, 2.75) is 6.42 Å². The van der Waals surface area contributed by atoms with Crippen LogP contribution in [0.5, 0.6) is 0 Å². The van der Waals surface area contributed by atoms with Gasteiger partial charge in [-0.15, -0.1) is 0 Å². The molecule has 0 atom stereocenters. The second-order valence-electron chi connectivity index (χ2n) is 2.49. The van der Waals surface area contributed by atoms with E-state index in [0.29, 0.717) is 0 Å². The Bertz CT molecular complexity index is 326. The third-order valence-electron chi connectivity index (χ3n) is 1.77. The number of hydrogen-bond acceptors (Lipinski definition) is 2. The molecule has 0 fully saturated rings. The molecule has 2 nitrogen and oxygen atoms in total. The highest BCUT2D eigenvalue weighted by atomic mass is 14.9. The molecule has 0 amide bonds. The minimum Gasteiger partial charge on any atom is -0.249 e. The molecule has 0 unspecified atom stereocenters. The first kappa shape index (κ1) is 6.28. The van der Waals surface area contributed by atoms with Gasteiger partial charge >= 0.3 is 0 Å². The molecule has 11 heavy (non-hydrogen) atoms. The lowest BCUT2D eigenvalue weighted by atomic mass is 10.1. The summed E-state index contributed by atoms with van der Waals surface area (Å²) in [6.07, 6.45) is 0.833. The van der Waals surface area contributed by atoms with E-state index in [9.17, 15) is 0 Å². The number of rotatable bonds is 0. The summed E-state index contributed by atoms with van der Waals surface area (Å²) in [4.78, 5) is 8.06. The Hall–Kier alpha value is -1.44. The first-order chi connectivity index (χ1) is 5.40. The highest BCUT2D eigenvalue weighted by Crippen LogP contribution is 2.25. The van der Waals surface area contributed by atoms with Crippen molar-refractivity contribution in [3.05, 3.63) is 29.8 Å². The van der Waals surface area contributed by atoms with Crippen molar-refractivity contribution in [3.8, 4) is 0 Å². The van der Waals surface area contributed by atoms with Crippen molar-refractivity contribution >= 4 is 18.2 Å². The molecule has 0 saturated heterocycles. The maximum Gasteiger partial charge on any atom is 0.132 e. The standard InChI is InChI=1S/C9H8N2/c1-10-9-6-7-4-2-3-5-8(7)11-9/h2-5H,1,6H2. The fraction of sp³-hybridized carbons (Fsp3) is 0.111. The second-order valence-corrected chi connectivity index (χ2v) is 2.49. The Morgan fingerprint density at radius 2 is 2.18 bits per heavy atom. The van der Waals surface area contributed by atoms with Gasteiger partial charge < -0.3 is 0 Å². The Balaban J connectivity index is 2.47. The minimum atomic E-state index is 0.825. The van der Waals surface area contributed by atoms with Crippen LogP contribution in [0, 0.1) is 0 Å². The van der Waals surface area contributed by atoms with Gasteiger partial charge in [0.25, 0.3) is 0 Å². The summed E-state index contributed by atoms with van der Waals surface area (Å²) in [7, 11) is 0. The van der Waals surface area contributed by atoms with Gasteiger partial charge in [-0.1, -0.05) is 18.2 Å². The third kappa shape index (κ3) is 0.963. The molecule has 1 aliphatic heterocycles. The summed E-state index contributed by atoms with van der Waals surface area (Å²) in [6, 6.07) is 8.05. The number of para-hydroxylation sites is 1. The van der Waals surface area contributed by atoms with Gasteiger partial charge in [-0.05, 0) is 18.3 Å². The predicted octanol–water partition coefficient (Wildman–Crippen LogP) is 1.97. The number of nitrogens with zero attached hydrogens (tertiary/aromatic N) is 2. The molecule has 1 aromatic carbocycles. The van der Waals surface area contributed by atoms with Gasteiger partial charge in [0.15, 0.2) is 0 Å². The molecule has 0 bridgehead atoms. The van der Waals surface area contributed by atoms with Crippen LogP contribution in [0.4, 0.5) is 5.69 Å². The zero-order valence-corrected chi connectivity index (χ0v) is 6.12. The largest absolute Gasteiger partial charge is 0.249 e. The van der Waals surface area contributed by atoms with Crippen molar-refractivity contribution in [2.75, 3.05) is 0 Å². The van der Waals surface area contributed by atoms with Gasteiger partial charge in [-0.3, -0.25) is 0 Å². The predicted molar refractivity (Wildman–Crippen MR) is 46.8 cm³/mol. The number of hydrogen-bond donors (Lipinski definition) is 0. The van der Waals surface area contributed by atoms with E-state index in [1.807, 2.05) is 18.2 Å². The summed E-state index contributed by atoms with van der Waals surface area (Å²) >= 11 is 0. The first-order valence-electron chi connectivity index (χ1n) is 3.52. The molecule has 2 heteroatoms. The average molecular weight is 144 g/mol. The quantitative estimate of drug-likeness (QED) is 0.497. The Kier molecular flexibility index (Phi) is 1.32. The smallest absolute Gasteiger partial charge is 0.132 e. The molecule has 1 heterocycles. The van der Waals surface area contributed by atoms with Crippen LogP contribution in [0.15, 0.2) is 34.3 Å². The first-order valence-corrected chi connectivity index (χ1v) is 3.52. The topological polar surface area (TPSA) is 24.7 Å². The van der Waals surface area contributed by atoms with Crippen molar-refractivity contribution in [1.82, 2.24) is 0 Å². The van der Waals surface area contributed by atoms with E-state index in [-0.39, 0.29) is 0 Å². The average Bonchev–Trinajstić information content (AvgIpc) is 2.46. The van der Waals surface area contributed by atoms with Gasteiger partial charge in [0.2, 0.25) is 0 Å². The number of benzene rings is 1. The molecular weight excluding hydrogens is 136 g/mol. The summed E-state index contributed by atoms with van der Waals surface area (Å²) in [5.41, 5.74) is 2.28. The Morgan fingerprint density at radius 3 is 2.91 bits per heavy atom. The van der Waals surface area contributed by atoms with Crippen LogP contribution in [-0.2, 0) is 6.42 Å². The van der Waals surface area contributed by atoms with E-state index >= 15 is 0 Å². The fourth-order valence-corrected chi connectivity index (χ4v) is 1.21. The van der Waals surface area contributed by atoms with Gasteiger partial charge in [0.1, 0.15) is 5.84 Å². The van der Waals surface area contributed by atoms with Crippen LogP contribution < -0.4 is 0 Å². The summed E-state index contributed by atoms with van der Waals surface area (Å²) in [5.74, 6) is 0.825. The summed E-state index contributed by atoms with van der Waals surface area (Å²) < 4.78 is 0. The van der Waals surface area contributed by atoms with E-state index < -0.39 is 0 Å². The van der Waals surface area contributed by atoms with Crippen LogP contribution in [0.1, 0.15) is 5.56 Å². The summed E-state index contributed by atoms with van der Waals surface area (Å²) in [5, 5.41) is 0. The SMILES string of the molecule is C=NC1=Nc2ccccc2C1. The zero-order chi connectivity index (χ0) is 7.68. The van der Waals surface area contributed by atoms with Crippen molar-refractivity contribution in [3.63, 3.8) is 0 Å². The van der Waals surface area contributed by atoms with E-state index in [0.717, 1.165) is 17.9 Å². The van der Waals surface area contributed by atoms with Crippen LogP contribution >= 0.6 is 0 Å². The highest BCUT2D eigenvalue weighted by Gasteiger charge is 2.10. The van der Waals surface area contributed by atoms with Gasteiger partial charge in [0, 0.05) is 6.42 Å². The Morgan fingerprint density at radius 1 is 1.36 bits per heavy atom. The van der Waals surface area contributed by atoms with Crippen LogP contribution in [-0.4, -0.2) is 12.6 Å². The van der Waals surface area contributed by atoms with Gasteiger partial charge in [-0.2, -0.15) is 0 Å². The summed E-state index contributed by atoms with van der Waals surface area (Å²) in [6.45, 7) is 3.44. The van der Waals surface area contributed by atoms with Gasteiger partial charge in [-0.25, -0.2) is 9.98 Å². The monoisotopic (exact) mass is 144 g/mol. The lowest BCUT2D eigenvalue weighted by molar-refractivity contribution is 1.37. The molecule has 0 saturated carbocycles. The maximum absolute atomic E-state index is 4.26. The van der Waals surface area contributed by atoms with E-state index in [4.69, 9.17) is 0 Å². The van der Waals surface area contributed by atoms with E-state index in [1.54, 1.807) is 0 Å². The van der Waals surface area contributed by atoms with E-state index in [2.05, 4.69) is 22.8 Å². The second kappa shape index (κ2) is 2.31. The zero-order valence-electron chi connectivity index (χ0n) is 6.12. The molecule has 0 radical (unpaired) electrons. The maximum atomic E-state index is 4.26. The Labute approximate surface area is 65.3 Å². The van der Waals surface area contributed by atoms with Crippen molar-refractivity contribution < 1.29 is 0 Å². The van der Waals surface area contributed by atoms with Crippen LogP contribution in [0.2, 0.25) is 0 Å². The molecular formula is C9H8N2. The normalized spacial score (nSPS) is 14.0. The molecule has 1 aromatic rings. The fourth-order valence-electron chi connectivity index (χ4n) is 1.21. The molecule has 1 aliphatic rings. The number of aliphatic imine (C=N–C) groups is 2. The molecule has 2 rings (SSSR count). The van der Waals surface area contributed by atoms with Crippen LogP contribution in [0.3, 0.4) is 0 Å². The molecule has 54 valence electrons. The molecule has 0 spiro atoms. The number of fused-ring (bicyclic) bond motifs is 1. The third-order valence-corrected chi connectivity index (χ3v) is 1.77. The lowest BCUT2D eigenvalue weighted by Crippen LogP contribution is -1.90. The molecule has 0 aliphatic carbocycles. The molecule has 0 aromatic heterocycles. The number of amidine groups is 1. The lowest BCUT2D eigenvalue weighted by Gasteiger charge is -1.91. The highest BCUT2D eigenvalue weighted by molar-refractivity contribution is 5.94. The van der Waals surface area contributed by atoms with Gasteiger partial charge in [0.05, 0.1) is 5.69 Å². The molecule has 0 N–H and O–H groups in total. The van der Waals surface area contributed by atoms with Crippen molar-refractivity contribution in [1.29, 1.82) is 0 Å².